The molecule has 0 unspecified atom stereocenters. The summed E-state index contributed by atoms with van der Waals surface area (Å²) in [7, 11) is 1.76. The molecule has 86 valence electrons. The van der Waals surface area contributed by atoms with E-state index in [1.54, 1.807) is 11.9 Å². The van der Waals surface area contributed by atoms with E-state index in [0.717, 1.165) is 18.4 Å². The largest absolute Gasteiger partial charge is 0.341 e. The first-order valence-corrected chi connectivity index (χ1v) is 6.05. The number of halogens is 2. The maximum absolute atomic E-state index is 13.1. The highest BCUT2D eigenvalue weighted by Gasteiger charge is 2.31. The molecule has 1 aromatic rings. The van der Waals surface area contributed by atoms with Crippen LogP contribution in [-0.2, 0) is 11.3 Å². The second-order valence-corrected chi connectivity index (χ2v) is 5.16. The van der Waals surface area contributed by atoms with Crippen molar-refractivity contribution in [3.63, 3.8) is 0 Å². The van der Waals surface area contributed by atoms with Crippen LogP contribution in [0.15, 0.2) is 22.7 Å². The van der Waals surface area contributed by atoms with Gasteiger partial charge in [-0.1, -0.05) is 15.9 Å². The fourth-order valence-corrected chi connectivity index (χ4v) is 2.21. The number of carbonyl (C=O) groups is 1. The lowest BCUT2D eigenvalue weighted by molar-refractivity contribution is -0.131. The van der Waals surface area contributed by atoms with E-state index in [9.17, 15) is 9.18 Å². The molecule has 1 amide bonds. The molecule has 4 heteroatoms. The van der Waals surface area contributed by atoms with Gasteiger partial charge >= 0.3 is 0 Å². The molecule has 16 heavy (non-hydrogen) atoms. The number of benzene rings is 1. The molecule has 1 aliphatic rings. The molecule has 0 aliphatic heterocycles. The van der Waals surface area contributed by atoms with Crippen molar-refractivity contribution in [3.8, 4) is 0 Å². The number of rotatable bonds is 3. The van der Waals surface area contributed by atoms with E-state index >= 15 is 0 Å². The fraction of sp³-hybridized carbons (Fsp3) is 0.417. The molecule has 0 atom stereocenters. The van der Waals surface area contributed by atoms with Gasteiger partial charge in [0.05, 0.1) is 0 Å². The normalized spacial score (nSPS) is 14.9. The van der Waals surface area contributed by atoms with E-state index in [1.807, 2.05) is 6.07 Å². The first-order valence-electron chi connectivity index (χ1n) is 5.26. The Labute approximate surface area is 103 Å². The molecule has 1 aliphatic carbocycles. The molecule has 0 bridgehead atoms. The Morgan fingerprint density at radius 3 is 2.75 bits per heavy atom. The predicted molar refractivity (Wildman–Crippen MR) is 63.3 cm³/mol. The average molecular weight is 286 g/mol. The lowest BCUT2D eigenvalue weighted by Gasteiger charge is -2.17. The van der Waals surface area contributed by atoms with Gasteiger partial charge in [0.15, 0.2) is 0 Å². The fourth-order valence-electron chi connectivity index (χ4n) is 1.70. The van der Waals surface area contributed by atoms with Crippen LogP contribution < -0.4 is 0 Å². The van der Waals surface area contributed by atoms with Crippen LogP contribution in [0.5, 0.6) is 0 Å². The SMILES string of the molecule is CN(Cc1cc(F)cc(Br)c1)C(=O)C1CC1. The molecule has 2 rings (SSSR count). The lowest BCUT2D eigenvalue weighted by Crippen LogP contribution is -2.27. The van der Waals surface area contributed by atoms with E-state index in [1.165, 1.54) is 12.1 Å². The first kappa shape index (κ1) is 11.6. The summed E-state index contributed by atoms with van der Waals surface area (Å²) in [5, 5.41) is 0. The zero-order chi connectivity index (χ0) is 11.7. The Morgan fingerprint density at radius 1 is 1.50 bits per heavy atom. The summed E-state index contributed by atoms with van der Waals surface area (Å²) in [6.45, 7) is 0.464. The van der Waals surface area contributed by atoms with Crippen LogP contribution in [0.4, 0.5) is 4.39 Å². The minimum absolute atomic E-state index is 0.167. The summed E-state index contributed by atoms with van der Waals surface area (Å²) < 4.78 is 13.8. The molecule has 0 radical (unpaired) electrons. The molecule has 1 aromatic carbocycles. The molecule has 0 saturated heterocycles. The smallest absolute Gasteiger partial charge is 0.225 e. The van der Waals surface area contributed by atoms with Crippen molar-refractivity contribution in [2.45, 2.75) is 19.4 Å². The topological polar surface area (TPSA) is 20.3 Å². The quantitative estimate of drug-likeness (QED) is 0.836. The Morgan fingerprint density at radius 2 is 2.19 bits per heavy atom. The molecule has 0 spiro atoms. The number of hydrogen-bond donors (Lipinski definition) is 0. The van der Waals surface area contributed by atoms with Gasteiger partial charge in [-0.3, -0.25) is 4.79 Å². The minimum atomic E-state index is -0.281. The van der Waals surface area contributed by atoms with E-state index in [4.69, 9.17) is 0 Å². The van der Waals surface area contributed by atoms with Crippen LogP contribution in [0.25, 0.3) is 0 Å². The van der Waals surface area contributed by atoms with Crippen LogP contribution in [0.3, 0.4) is 0 Å². The highest BCUT2D eigenvalue weighted by molar-refractivity contribution is 9.10. The molecule has 1 saturated carbocycles. The summed E-state index contributed by atoms with van der Waals surface area (Å²) in [5.41, 5.74) is 0.809. The second-order valence-electron chi connectivity index (χ2n) is 4.25. The summed E-state index contributed by atoms with van der Waals surface area (Å²) in [4.78, 5) is 13.4. The van der Waals surface area contributed by atoms with Crippen molar-refractivity contribution in [2.75, 3.05) is 7.05 Å². The van der Waals surface area contributed by atoms with E-state index in [2.05, 4.69) is 15.9 Å². The summed E-state index contributed by atoms with van der Waals surface area (Å²) in [6, 6.07) is 4.70. The molecule has 0 heterocycles. The minimum Gasteiger partial charge on any atom is -0.341 e. The van der Waals surface area contributed by atoms with Crippen LogP contribution in [0.2, 0.25) is 0 Å². The van der Waals surface area contributed by atoms with Crippen molar-refractivity contribution in [1.29, 1.82) is 0 Å². The van der Waals surface area contributed by atoms with Gasteiger partial charge in [0.2, 0.25) is 5.91 Å². The third-order valence-corrected chi connectivity index (χ3v) is 3.10. The van der Waals surface area contributed by atoms with Gasteiger partial charge in [-0.25, -0.2) is 4.39 Å². The lowest BCUT2D eigenvalue weighted by atomic mass is 10.2. The van der Waals surface area contributed by atoms with E-state index in [-0.39, 0.29) is 17.6 Å². The van der Waals surface area contributed by atoms with E-state index in [0.29, 0.717) is 11.0 Å². The average Bonchev–Trinajstić information content (AvgIpc) is 2.97. The Balaban J connectivity index is 2.04. The number of nitrogens with zero attached hydrogens (tertiary/aromatic N) is 1. The zero-order valence-electron chi connectivity index (χ0n) is 9.04. The van der Waals surface area contributed by atoms with Crippen molar-refractivity contribution < 1.29 is 9.18 Å². The number of carbonyl (C=O) groups excluding carboxylic acids is 1. The maximum Gasteiger partial charge on any atom is 0.225 e. The number of hydrogen-bond acceptors (Lipinski definition) is 1. The third-order valence-electron chi connectivity index (χ3n) is 2.64. The highest BCUT2D eigenvalue weighted by atomic mass is 79.9. The molecular weight excluding hydrogens is 273 g/mol. The maximum atomic E-state index is 13.1. The summed E-state index contributed by atoms with van der Waals surface area (Å²) in [5.74, 6) is 0.0963. The Hall–Kier alpha value is -0.900. The van der Waals surface area contributed by atoms with Gasteiger partial charge in [-0.2, -0.15) is 0 Å². The molecule has 0 N–H and O–H groups in total. The van der Waals surface area contributed by atoms with Crippen molar-refractivity contribution >= 4 is 21.8 Å². The molecule has 2 nitrogen and oxygen atoms in total. The Bertz CT molecular complexity index is 397. The third kappa shape index (κ3) is 2.82. The highest BCUT2D eigenvalue weighted by Crippen LogP contribution is 2.31. The van der Waals surface area contributed by atoms with Crippen LogP contribution in [0.1, 0.15) is 18.4 Å². The standard InChI is InChI=1S/C12H13BrFNO/c1-15(12(16)9-2-3-9)7-8-4-10(13)6-11(14)5-8/h4-6,9H,2-3,7H2,1H3. The van der Waals surface area contributed by atoms with Crippen molar-refractivity contribution in [3.05, 3.63) is 34.1 Å². The number of amides is 1. The van der Waals surface area contributed by atoms with Gasteiger partial charge in [0.25, 0.3) is 0 Å². The predicted octanol–water partition coefficient (Wildman–Crippen LogP) is 2.96. The van der Waals surface area contributed by atoms with Crippen LogP contribution in [-0.4, -0.2) is 17.9 Å². The molecule has 0 aromatic heterocycles. The van der Waals surface area contributed by atoms with E-state index < -0.39 is 0 Å². The Kier molecular flexibility index (Phi) is 3.28. The summed E-state index contributed by atoms with van der Waals surface area (Å²) in [6.07, 6.45) is 1.99. The van der Waals surface area contributed by atoms with Gasteiger partial charge < -0.3 is 4.90 Å². The molecular formula is C12H13BrFNO. The van der Waals surface area contributed by atoms with Crippen molar-refractivity contribution in [1.82, 2.24) is 4.90 Å². The first-order chi connectivity index (χ1) is 7.56. The van der Waals surface area contributed by atoms with Gasteiger partial charge in [0, 0.05) is 24.0 Å². The van der Waals surface area contributed by atoms with Gasteiger partial charge in [-0.05, 0) is 36.6 Å². The second kappa shape index (κ2) is 4.53. The zero-order valence-corrected chi connectivity index (χ0v) is 10.6. The van der Waals surface area contributed by atoms with Gasteiger partial charge in [-0.15, -0.1) is 0 Å². The monoisotopic (exact) mass is 285 g/mol. The molecule has 1 fully saturated rings. The summed E-state index contributed by atoms with van der Waals surface area (Å²) >= 11 is 3.24. The van der Waals surface area contributed by atoms with Gasteiger partial charge in [0.1, 0.15) is 5.82 Å². The van der Waals surface area contributed by atoms with Crippen LogP contribution in [0, 0.1) is 11.7 Å². The van der Waals surface area contributed by atoms with Crippen LogP contribution >= 0.6 is 15.9 Å². The van der Waals surface area contributed by atoms with Crippen molar-refractivity contribution in [2.24, 2.45) is 5.92 Å².